The number of thiazole rings is 1. The van der Waals surface area contributed by atoms with Gasteiger partial charge in [0.2, 0.25) is 5.91 Å². The largest absolute Gasteiger partial charge is 0.481 e. The van der Waals surface area contributed by atoms with Crippen LogP contribution in [0.2, 0.25) is 0 Å². The second-order valence-electron chi connectivity index (χ2n) is 14.9. The highest BCUT2D eigenvalue weighted by atomic mass is 32.1. The minimum absolute atomic E-state index is 0.0957. The van der Waals surface area contributed by atoms with E-state index in [0.717, 1.165) is 39.2 Å². The van der Waals surface area contributed by atoms with E-state index in [2.05, 4.69) is 27.8 Å². The van der Waals surface area contributed by atoms with Gasteiger partial charge in [-0.1, -0.05) is 107 Å². The average Bonchev–Trinajstić information content (AvgIpc) is 3.81. The smallest absolute Gasteiger partial charge is 0.407 e. The molecule has 302 valence electrons. The summed E-state index contributed by atoms with van der Waals surface area (Å²) in [6.45, 7) is 8.71. The molecule has 5 atom stereocenters. The topological polar surface area (TPSA) is 164 Å². The van der Waals surface area contributed by atoms with Gasteiger partial charge in [0.1, 0.15) is 23.4 Å². The van der Waals surface area contributed by atoms with Gasteiger partial charge in [-0.15, -0.1) is 11.3 Å². The van der Waals surface area contributed by atoms with E-state index in [1.165, 1.54) is 6.92 Å². The summed E-state index contributed by atoms with van der Waals surface area (Å²) in [5.41, 5.74) is 5.46. The first kappa shape index (κ1) is 42.6. The van der Waals surface area contributed by atoms with Crippen LogP contribution >= 0.6 is 11.3 Å². The van der Waals surface area contributed by atoms with Crippen LogP contribution in [-0.4, -0.2) is 76.6 Å². The van der Waals surface area contributed by atoms with E-state index in [-0.39, 0.29) is 42.9 Å². The second kappa shape index (κ2) is 19.5. The van der Waals surface area contributed by atoms with Gasteiger partial charge in [0, 0.05) is 43.8 Å². The number of hydrogen-bond donors (Lipinski definition) is 3. The van der Waals surface area contributed by atoms with E-state index in [1.54, 1.807) is 31.2 Å². The summed E-state index contributed by atoms with van der Waals surface area (Å²) >= 11 is 1.16. The van der Waals surface area contributed by atoms with Crippen molar-refractivity contribution in [3.8, 4) is 11.1 Å². The Morgan fingerprint density at radius 2 is 1.49 bits per heavy atom. The lowest BCUT2D eigenvalue weighted by Gasteiger charge is -2.35. The third-order valence-corrected chi connectivity index (χ3v) is 11.4. The van der Waals surface area contributed by atoms with Crippen LogP contribution < -0.4 is 10.6 Å². The average molecular weight is 797 g/mol. The number of aliphatic carboxylic acids is 1. The Balaban J connectivity index is 1.24. The number of carboxylic acid groups (broad SMARTS) is 1. The molecule has 0 fully saturated rings. The number of rotatable bonds is 18. The molecule has 3 aromatic carbocycles. The van der Waals surface area contributed by atoms with Crippen LogP contribution in [0.3, 0.4) is 0 Å². The van der Waals surface area contributed by atoms with Crippen LogP contribution in [0.4, 0.5) is 4.79 Å². The Hall–Kier alpha value is -5.56. The van der Waals surface area contributed by atoms with E-state index in [0.29, 0.717) is 17.8 Å². The van der Waals surface area contributed by atoms with Crippen molar-refractivity contribution in [1.29, 1.82) is 0 Å². The summed E-state index contributed by atoms with van der Waals surface area (Å²) in [6, 6.07) is 23.8. The number of carbonyl (C=O) groups is 5. The Morgan fingerprint density at radius 1 is 0.877 bits per heavy atom. The summed E-state index contributed by atoms with van der Waals surface area (Å²) in [4.78, 5) is 70.8. The van der Waals surface area contributed by atoms with Crippen LogP contribution in [0.1, 0.15) is 98.1 Å². The quantitative estimate of drug-likeness (QED) is 0.0872. The van der Waals surface area contributed by atoms with Crippen molar-refractivity contribution >= 4 is 41.2 Å². The standard InChI is InChI=1S/C44H52N4O8S/c1-7-36(47-44(54)55-24-35-33-19-13-11-17-31(33)32-18-12-14-20-34(32)35)42(51)48(6)38(26(2)3)23-39(56-28(5)49)41-46-37(25-57-41)40(50)45-30(21-27(4)43(52)53)22-29-15-9-8-10-16-29/h8-20,25-27,30,35-36,38-39H,7,21-24H2,1-6H3,(H,45,50)(H,47,54)(H,52,53). The maximum absolute atomic E-state index is 14.0. The molecule has 1 heterocycles. The number of alkyl carbamates (subject to hydrolysis) is 1. The number of aromatic nitrogens is 1. The molecule has 3 amide bonds. The Kier molecular flexibility index (Phi) is 14.6. The van der Waals surface area contributed by atoms with Crippen LogP contribution in [0.25, 0.3) is 11.1 Å². The third-order valence-electron chi connectivity index (χ3n) is 10.5. The van der Waals surface area contributed by atoms with Gasteiger partial charge in [0.15, 0.2) is 6.10 Å². The number of amides is 3. The van der Waals surface area contributed by atoms with Crippen LogP contribution in [0.5, 0.6) is 0 Å². The number of carboxylic acids is 1. The molecule has 0 radical (unpaired) electrons. The lowest BCUT2D eigenvalue weighted by atomic mass is 9.95. The monoisotopic (exact) mass is 796 g/mol. The van der Waals surface area contributed by atoms with E-state index < -0.39 is 54.1 Å². The molecule has 5 unspecified atom stereocenters. The number of nitrogens with zero attached hydrogens (tertiary/aromatic N) is 2. The van der Waals surface area contributed by atoms with Gasteiger partial charge in [0.25, 0.3) is 5.91 Å². The molecule has 12 nitrogen and oxygen atoms in total. The molecule has 13 heteroatoms. The van der Waals surface area contributed by atoms with Gasteiger partial charge in [-0.05, 0) is 53.0 Å². The van der Waals surface area contributed by atoms with Gasteiger partial charge in [-0.3, -0.25) is 19.2 Å². The van der Waals surface area contributed by atoms with Crippen molar-refractivity contribution in [2.45, 2.75) is 90.4 Å². The fraction of sp³-hybridized carbons (Fsp3) is 0.409. The van der Waals surface area contributed by atoms with Crippen molar-refractivity contribution in [3.05, 3.63) is 112 Å². The number of carbonyl (C=O) groups excluding carboxylic acids is 4. The molecule has 0 aliphatic heterocycles. The van der Waals surface area contributed by atoms with E-state index >= 15 is 0 Å². The lowest BCUT2D eigenvalue weighted by Crippen LogP contribution is -2.51. The summed E-state index contributed by atoms with van der Waals surface area (Å²) in [6.07, 6.45) is -0.424. The summed E-state index contributed by atoms with van der Waals surface area (Å²) < 4.78 is 11.5. The van der Waals surface area contributed by atoms with Crippen molar-refractivity contribution < 1.29 is 38.6 Å². The first-order valence-electron chi connectivity index (χ1n) is 19.4. The lowest BCUT2D eigenvalue weighted by molar-refractivity contribution is -0.148. The maximum atomic E-state index is 14.0. The zero-order valence-electron chi connectivity index (χ0n) is 33.3. The van der Waals surface area contributed by atoms with Gasteiger partial charge in [-0.25, -0.2) is 9.78 Å². The molecule has 57 heavy (non-hydrogen) atoms. The molecule has 5 rings (SSSR count). The predicted molar refractivity (Wildman–Crippen MR) is 218 cm³/mol. The Labute approximate surface area is 338 Å². The van der Waals surface area contributed by atoms with Crippen molar-refractivity contribution in [2.24, 2.45) is 11.8 Å². The van der Waals surface area contributed by atoms with Crippen molar-refractivity contribution in [2.75, 3.05) is 13.7 Å². The highest BCUT2D eigenvalue weighted by Crippen LogP contribution is 2.44. The van der Waals surface area contributed by atoms with Gasteiger partial charge >= 0.3 is 18.0 Å². The maximum Gasteiger partial charge on any atom is 0.407 e. The number of likely N-dealkylation sites (N-methyl/N-ethyl adjacent to an activating group) is 1. The number of hydrogen-bond acceptors (Lipinski definition) is 9. The number of ether oxygens (including phenoxy) is 2. The predicted octanol–water partition coefficient (Wildman–Crippen LogP) is 7.39. The zero-order valence-corrected chi connectivity index (χ0v) is 34.1. The van der Waals surface area contributed by atoms with E-state index in [4.69, 9.17) is 9.47 Å². The van der Waals surface area contributed by atoms with Crippen LogP contribution in [-0.2, 0) is 30.3 Å². The van der Waals surface area contributed by atoms with Gasteiger partial charge < -0.3 is 30.1 Å². The molecule has 1 aliphatic rings. The normalized spacial score (nSPS) is 14.6. The van der Waals surface area contributed by atoms with E-state index in [9.17, 15) is 29.1 Å². The molecule has 0 saturated heterocycles. The van der Waals surface area contributed by atoms with E-state index in [1.807, 2.05) is 80.6 Å². The first-order valence-corrected chi connectivity index (χ1v) is 20.2. The second-order valence-corrected chi connectivity index (χ2v) is 15.8. The van der Waals surface area contributed by atoms with Crippen LogP contribution in [0.15, 0.2) is 84.2 Å². The minimum atomic E-state index is -0.955. The number of nitrogens with one attached hydrogen (secondary N) is 2. The van der Waals surface area contributed by atoms with Gasteiger partial charge in [-0.2, -0.15) is 0 Å². The fourth-order valence-corrected chi connectivity index (χ4v) is 8.28. The van der Waals surface area contributed by atoms with Crippen LogP contribution in [0, 0.1) is 11.8 Å². The SMILES string of the molecule is CCC(NC(=O)OCC1c2ccccc2-c2ccccc21)C(=O)N(C)C(CC(OC(C)=O)c1nc(C(=O)NC(Cc2ccccc2)CC(C)C(=O)O)cs1)C(C)C. The summed E-state index contributed by atoms with van der Waals surface area (Å²) in [5, 5.41) is 17.2. The molecule has 3 N–H and O–H groups in total. The molecule has 0 saturated carbocycles. The molecule has 0 bridgehead atoms. The number of esters is 1. The minimum Gasteiger partial charge on any atom is -0.481 e. The highest BCUT2D eigenvalue weighted by Gasteiger charge is 2.35. The molecule has 1 aliphatic carbocycles. The molecule has 1 aromatic heterocycles. The van der Waals surface area contributed by atoms with Crippen molar-refractivity contribution in [1.82, 2.24) is 20.5 Å². The Morgan fingerprint density at radius 3 is 2.07 bits per heavy atom. The molecular formula is C44H52N4O8S. The summed E-state index contributed by atoms with van der Waals surface area (Å²) in [5.74, 6) is -3.22. The first-order chi connectivity index (χ1) is 27.3. The van der Waals surface area contributed by atoms with Gasteiger partial charge in [0.05, 0.1) is 5.92 Å². The highest BCUT2D eigenvalue weighted by molar-refractivity contribution is 7.09. The van der Waals surface area contributed by atoms with Crippen molar-refractivity contribution in [3.63, 3.8) is 0 Å². The molecule has 0 spiro atoms. The summed E-state index contributed by atoms with van der Waals surface area (Å²) in [7, 11) is 1.66. The zero-order chi connectivity index (χ0) is 41.2. The number of benzene rings is 3. The molecular weight excluding hydrogens is 745 g/mol. The fourth-order valence-electron chi connectivity index (χ4n) is 7.45. The Bertz CT molecular complexity index is 1990. The number of fused-ring (bicyclic) bond motifs is 3. The third kappa shape index (κ3) is 10.9. The molecule has 4 aromatic rings.